The average molecular weight is 410 g/mol. The Labute approximate surface area is 144 Å². The van der Waals surface area contributed by atoms with E-state index in [2.05, 4.69) is 25.8 Å². The van der Waals surface area contributed by atoms with Gasteiger partial charge in [-0.1, -0.05) is 11.6 Å². The molecule has 0 amide bonds. The second-order valence-electron chi connectivity index (χ2n) is 6.17. The summed E-state index contributed by atoms with van der Waals surface area (Å²) >= 11 is 9.21. The van der Waals surface area contributed by atoms with Crippen molar-refractivity contribution < 1.29 is 13.2 Å². The minimum Gasteiger partial charge on any atom is -0.491 e. The van der Waals surface area contributed by atoms with Crippen molar-refractivity contribution in [3.05, 3.63) is 21.9 Å². The van der Waals surface area contributed by atoms with Crippen molar-refractivity contribution >= 4 is 37.4 Å². The van der Waals surface area contributed by atoms with Gasteiger partial charge in [-0.05, 0) is 41.9 Å². The zero-order chi connectivity index (χ0) is 15.8. The van der Waals surface area contributed by atoms with Crippen LogP contribution < -0.4 is 4.74 Å². The van der Waals surface area contributed by atoms with E-state index in [-0.39, 0.29) is 5.41 Å². The minimum absolute atomic E-state index is 0.0688. The molecule has 0 aliphatic carbocycles. The van der Waals surface area contributed by atoms with Crippen molar-refractivity contribution in [3.8, 4) is 5.75 Å². The first-order valence-corrected chi connectivity index (χ1v) is 10.2. The van der Waals surface area contributed by atoms with Crippen LogP contribution in [0.2, 0.25) is 5.02 Å². The molecule has 22 heavy (non-hydrogen) atoms. The molecule has 122 valence electrons. The van der Waals surface area contributed by atoms with Gasteiger partial charge in [-0.15, -0.1) is 0 Å². The lowest BCUT2D eigenvalue weighted by Gasteiger charge is -2.47. The molecular weight excluding hydrogens is 392 g/mol. The molecule has 2 saturated heterocycles. The quantitative estimate of drug-likeness (QED) is 0.715. The molecular formula is C14H18BrClN2O3S. The predicted molar refractivity (Wildman–Crippen MR) is 89.2 cm³/mol. The Morgan fingerprint density at radius 3 is 2.64 bits per heavy atom. The van der Waals surface area contributed by atoms with Crippen LogP contribution in [0.15, 0.2) is 16.9 Å². The Morgan fingerprint density at radius 2 is 2.05 bits per heavy atom. The first kappa shape index (κ1) is 16.5. The molecule has 1 aromatic heterocycles. The summed E-state index contributed by atoms with van der Waals surface area (Å²) in [5.41, 5.74) is 0.0688. The first-order valence-electron chi connectivity index (χ1n) is 7.24. The van der Waals surface area contributed by atoms with Crippen molar-refractivity contribution in [2.45, 2.75) is 12.8 Å². The van der Waals surface area contributed by atoms with E-state index in [1.165, 1.54) is 0 Å². The van der Waals surface area contributed by atoms with E-state index in [1.54, 1.807) is 12.3 Å². The molecule has 0 saturated carbocycles. The average Bonchev–Trinajstić information content (AvgIpc) is 2.43. The lowest BCUT2D eigenvalue weighted by molar-refractivity contribution is 0.110. The first-order chi connectivity index (χ1) is 10.4. The molecule has 2 aliphatic heterocycles. The summed E-state index contributed by atoms with van der Waals surface area (Å²) < 4.78 is 29.0. The summed E-state index contributed by atoms with van der Waals surface area (Å²) in [6.45, 7) is 3.29. The molecule has 5 nitrogen and oxygen atoms in total. The molecule has 2 fully saturated rings. The maximum atomic E-state index is 11.4. The van der Waals surface area contributed by atoms with Gasteiger partial charge in [-0.2, -0.15) is 0 Å². The summed E-state index contributed by atoms with van der Waals surface area (Å²) in [6.07, 6.45) is 3.58. The van der Waals surface area contributed by atoms with E-state index < -0.39 is 9.84 Å². The number of piperidine rings is 1. The molecule has 0 aromatic carbocycles. The number of halogens is 2. The Balaban J connectivity index is 1.41. The van der Waals surface area contributed by atoms with E-state index in [0.29, 0.717) is 33.5 Å². The van der Waals surface area contributed by atoms with Gasteiger partial charge in [0.15, 0.2) is 9.84 Å². The van der Waals surface area contributed by atoms with Gasteiger partial charge in [-0.3, -0.25) is 4.90 Å². The Hall–Kier alpha value is -0.370. The number of rotatable bonds is 4. The minimum atomic E-state index is -2.73. The van der Waals surface area contributed by atoms with Crippen LogP contribution in [0.1, 0.15) is 12.8 Å². The van der Waals surface area contributed by atoms with Crippen molar-refractivity contribution in [2.75, 3.05) is 37.7 Å². The molecule has 1 aromatic rings. The molecule has 0 atom stereocenters. The Bertz CT molecular complexity index is 646. The molecule has 0 bridgehead atoms. The number of ether oxygens (including phenoxy) is 1. The van der Waals surface area contributed by atoms with Gasteiger partial charge in [0.2, 0.25) is 0 Å². The highest BCUT2D eigenvalue weighted by Gasteiger charge is 2.49. The van der Waals surface area contributed by atoms with Crippen molar-refractivity contribution in [3.63, 3.8) is 0 Å². The Morgan fingerprint density at radius 1 is 1.36 bits per heavy atom. The second kappa shape index (κ2) is 6.26. The smallest absolute Gasteiger partial charge is 0.151 e. The zero-order valence-corrected chi connectivity index (χ0v) is 15.3. The van der Waals surface area contributed by atoms with Crippen molar-refractivity contribution in [2.24, 2.45) is 5.41 Å². The summed E-state index contributed by atoms with van der Waals surface area (Å²) in [5.74, 6) is 1.42. The van der Waals surface area contributed by atoms with Crippen molar-refractivity contribution in [1.29, 1.82) is 0 Å². The van der Waals surface area contributed by atoms with E-state index in [0.717, 1.165) is 32.5 Å². The number of likely N-dealkylation sites (tertiary alicyclic amines) is 1. The van der Waals surface area contributed by atoms with Crippen LogP contribution in [0.4, 0.5) is 0 Å². The van der Waals surface area contributed by atoms with E-state index in [9.17, 15) is 8.42 Å². The molecule has 8 heteroatoms. The SMILES string of the molecule is O=S1(=O)CC2(CCN(CCOc3cnc(Br)c(Cl)c3)CC2)C1. The molecule has 0 N–H and O–H groups in total. The molecule has 1 spiro atoms. The van der Waals surface area contributed by atoms with Crippen LogP contribution >= 0.6 is 27.5 Å². The number of hydrogen-bond acceptors (Lipinski definition) is 5. The van der Waals surface area contributed by atoms with Gasteiger partial charge in [0, 0.05) is 18.0 Å². The van der Waals surface area contributed by atoms with Crippen LogP contribution in [0.25, 0.3) is 0 Å². The summed E-state index contributed by atoms with van der Waals surface area (Å²) in [4.78, 5) is 6.41. The van der Waals surface area contributed by atoms with Crippen LogP contribution in [0.3, 0.4) is 0 Å². The van der Waals surface area contributed by atoms with E-state index in [1.807, 2.05) is 0 Å². The van der Waals surface area contributed by atoms with E-state index in [4.69, 9.17) is 16.3 Å². The third-order valence-electron chi connectivity index (χ3n) is 4.42. The van der Waals surface area contributed by atoms with Gasteiger partial charge >= 0.3 is 0 Å². The third-order valence-corrected chi connectivity index (χ3v) is 7.67. The van der Waals surface area contributed by atoms with E-state index >= 15 is 0 Å². The highest BCUT2D eigenvalue weighted by Crippen LogP contribution is 2.42. The number of nitrogens with zero attached hydrogens (tertiary/aromatic N) is 2. The highest BCUT2D eigenvalue weighted by molar-refractivity contribution is 9.10. The van der Waals surface area contributed by atoms with Crippen molar-refractivity contribution in [1.82, 2.24) is 9.88 Å². The Kier molecular flexibility index (Phi) is 4.69. The maximum absolute atomic E-state index is 11.4. The summed E-state index contributed by atoms with van der Waals surface area (Å²) in [7, 11) is -2.73. The standard InChI is InChI=1S/C14H18BrClN2O3S/c15-13-12(16)7-11(8-17-13)21-6-5-18-3-1-14(2-4-18)9-22(19,20)10-14/h7-8H,1-6,9-10H2. The normalized spacial score (nSPS) is 23.2. The van der Waals surface area contributed by atoms with Gasteiger partial charge in [0.1, 0.15) is 17.0 Å². The molecule has 0 unspecified atom stereocenters. The fourth-order valence-electron chi connectivity index (χ4n) is 3.21. The fraction of sp³-hybridized carbons (Fsp3) is 0.643. The summed E-state index contributed by atoms with van der Waals surface area (Å²) in [5, 5.41) is 0.531. The second-order valence-corrected chi connectivity index (χ2v) is 9.39. The third kappa shape index (κ3) is 3.75. The fourth-order valence-corrected chi connectivity index (χ4v) is 5.94. The van der Waals surface area contributed by atoms with Crippen LogP contribution in [0, 0.1) is 5.41 Å². The van der Waals surface area contributed by atoms with Crippen LogP contribution in [-0.4, -0.2) is 56.0 Å². The van der Waals surface area contributed by atoms with Crippen LogP contribution in [-0.2, 0) is 9.84 Å². The molecule has 2 aliphatic rings. The molecule has 0 radical (unpaired) electrons. The number of hydrogen-bond donors (Lipinski definition) is 0. The molecule has 3 heterocycles. The summed E-state index contributed by atoms with van der Waals surface area (Å²) in [6, 6.07) is 1.74. The number of sulfone groups is 1. The predicted octanol–water partition coefficient (Wildman–Crippen LogP) is 2.39. The van der Waals surface area contributed by atoms with Gasteiger partial charge in [0.05, 0.1) is 22.7 Å². The number of pyridine rings is 1. The largest absolute Gasteiger partial charge is 0.491 e. The van der Waals surface area contributed by atoms with Gasteiger partial charge < -0.3 is 4.74 Å². The lowest BCUT2D eigenvalue weighted by atomic mass is 9.81. The van der Waals surface area contributed by atoms with Crippen LogP contribution in [0.5, 0.6) is 5.75 Å². The molecule has 3 rings (SSSR count). The lowest BCUT2D eigenvalue weighted by Crippen LogP contribution is -2.54. The highest BCUT2D eigenvalue weighted by atomic mass is 79.9. The topological polar surface area (TPSA) is 59.5 Å². The number of aromatic nitrogens is 1. The van der Waals surface area contributed by atoms with Gasteiger partial charge in [-0.25, -0.2) is 13.4 Å². The monoisotopic (exact) mass is 408 g/mol. The maximum Gasteiger partial charge on any atom is 0.151 e. The zero-order valence-electron chi connectivity index (χ0n) is 12.1. The van der Waals surface area contributed by atoms with Gasteiger partial charge in [0.25, 0.3) is 0 Å².